The fourth-order valence-corrected chi connectivity index (χ4v) is 1.85. The molecule has 1 atom stereocenters. The van der Waals surface area contributed by atoms with Crippen molar-refractivity contribution in [2.75, 3.05) is 5.32 Å². The number of para-hydroxylation sites is 1. The Kier molecular flexibility index (Phi) is 1.83. The van der Waals surface area contributed by atoms with Crippen molar-refractivity contribution in [2.45, 2.75) is 26.2 Å². The fraction of sp³-hybridized carbons (Fsp3) is 0.364. The molecule has 0 saturated carbocycles. The Balaban J connectivity index is 2.54. The van der Waals surface area contributed by atoms with Gasteiger partial charge in [0.1, 0.15) is 0 Å². The van der Waals surface area contributed by atoms with Gasteiger partial charge in [-0.05, 0) is 24.0 Å². The van der Waals surface area contributed by atoms with Gasteiger partial charge in [-0.1, -0.05) is 25.1 Å². The van der Waals surface area contributed by atoms with Crippen molar-refractivity contribution >= 4 is 11.6 Å². The number of rotatable bonds is 0. The van der Waals surface area contributed by atoms with E-state index in [-0.39, 0.29) is 5.91 Å². The van der Waals surface area contributed by atoms with E-state index in [9.17, 15) is 4.79 Å². The summed E-state index contributed by atoms with van der Waals surface area (Å²) in [6.45, 7) is 4.12. The van der Waals surface area contributed by atoms with Crippen LogP contribution in [-0.4, -0.2) is 5.91 Å². The Hall–Kier alpha value is -1.31. The summed E-state index contributed by atoms with van der Waals surface area (Å²) >= 11 is 0. The van der Waals surface area contributed by atoms with E-state index in [1.165, 1.54) is 5.56 Å². The van der Waals surface area contributed by atoms with E-state index < -0.39 is 0 Å². The lowest BCUT2D eigenvalue weighted by molar-refractivity contribution is -0.116. The van der Waals surface area contributed by atoms with Crippen molar-refractivity contribution in [1.82, 2.24) is 0 Å². The minimum absolute atomic E-state index is 0.134. The molecule has 0 aliphatic carbocycles. The summed E-state index contributed by atoms with van der Waals surface area (Å²) in [6, 6.07) is 6.16. The topological polar surface area (TPSA) is 29.1 Å². The number of hydrogen-bond acceptors (Lipinski definition) is 1. The highest BCUT2D eigenvalue weighted by Gasteiger charge is 2.21. The molecule has 1 aliphatic rings. The maximum absolute atomic E-state index is 11.3. The average Bonchev–Trinajstić information content (AvgIpc) is 2.07. The van der Waals surface area contributed by atoms with Crippen molar-refractivity contribution in [2.24, 2.45) is 0 Å². The van der Waals surface area contributed by atoms with Crippen molar-refractivity contribution < 1.29 is 4.79 Å². The highest BCUT2D eigenvalue weighted by molar-refractivity contribution is 5.95. The summed E-state index contributed by atoms with van der Waals surface area (Å²) in [5, 5.41) is 2.92. The minimum Gasteiger partial charge on any atom is -0.326 e. The van der Waals surface area contributed by atoms with Gasteiger partial charge in [0.2, 0.25) is 5.91 Å². The molecule has 1 amide bonds. The summed E-state index contributed by atoms with van der Waals surface area (Å²) in [4.78, 5) is 11.3. The number of carbonyl (C=O) groups excluding carboxylic acids is 1. The molecule has 13 heavy (non-hydrogen) atoms. The standard InChI is InChI=1S/C11H13NO/c1-7-4-3-5-9-8(2)6-10(13)12-11(7)9/h3-5,8H,6H2,1-2H3,(H,12,13). The number of hydrogen-bond donors (Lipinski definition) is 1. The lowest BCUT2D eigenvalue weighted by Gasteiger charge is -2.23. The molecule has 1 unspecified atom stereocenters. The molecular formula is C11H13NO. The quantitative estimate of drug-likeness (QED) is 0.644. The van der Waals surface area contributed by atoms with E-state index in [4.69, 9.17) is 0 Å². The molecule has 1 aromatic rings. The first-order valence-electron chi connectivity index (χ1n) is 4.58. The molecule has 0 fully saturated rings. The zero-order chi connectivity index (χ0) is 9.42. The average molecular weight is 175 g/mol. The van der Waals surface area contributed by atoms with Crippen LogP contribution in [0, 0.1) is 6.92 Å². The molecule has 2 heteroatoms. The summed E-state index contributed by atoms with van der Waals surface area (Å²) in [5.41, 5.74) is 3.43. The third kappa shape index (κ3) is 1.32. The molecule has 1 aromatic carbocycles. The molecule has 2 nitrogen and oxygen atoms in total. The molecule has 68 valence electrons. The number of carbonyl (C=O) groups is 1. The van der Waals surface area contributed by atoms with Crippen LogP contribution in [-0.2, 0) is 4.79 Å². The zero-order valence-corrected chi connectivity index (χ0v) is 7.92. The molecule has 0 spiro atoms. The first-order chi connectivity index (χ1) is 6.18. The molecule has 1 N–H and O–H groups in total. The van der Waals surface area contributed by atoms with E-state index in [2.05, 4.69) is 18.3 Å². The summed E-state index contributed by atoms with van der Waals surface area (Å²) < 4.78 is 0. The van der Waals surface area contributed by atoms with Gasteiger partial charge >= 0.3 is 0 Å². The van der Waals surface area contributed by atoms with E-state index in [1.807, 2.05) is 19.1 Å². The molecule has 0 saturated heterocycles. The van der Waals surface area contributed by atoms with Crippen molar-refractivity contribution in [1.29, 1.82) is 0 Å². The van der Waals surface area contributed by atoms with Gasteiger partial charge in [0.25, 0.3) is 0 Å². The molecule has 0 radical (unpaired) electrons. The fourth-order valence-electron chi connectivity index (χ4n) is 1.85. The molecular weight excluding hydrogens is 162 g/mol. The SMILES string of the molecule is Cc1cccc2c1NC(=O)CC2C. The van der Waals surface area contributed by atoms with Gasteiger partial charge in [0.05, 0.1) is 0 Å². The van der Waals surface area contributed by atoms with E-state index in [0.29, 0.717) is 12.3 Å². The van der Waals surface area contributed by atoms with Crippen LogP contribution in [0.4, 0.5) is 5.69 Å². The summed E-state index contributed by atoms with van der Waals surface area (Å²) in [5.74, 6) is 0.484. The van der Waals surface area contributed by atoms with E-state index in [0.717, 1.165) is 11.3 Å². The van der Waals surface area contributed by atoms with Crippen molar-refractivity contribution in [3.63, 3.8) is 0 Å². The van der Waals surface area contributed by atoms with Crippen LogP contribution in [0.3, 0.4) is 0 Å². The predicted octanol–water partition coefficient (Wildman–Crippen LogP) is 2.44. The number of nitrogens with one attached hydrogen (secondary N) is 1. The normalized spacial score (nSPS) is 20.8. The van der Waals surface area contributed by atoms with Crippen LogP contribution in [0.2, 0.25) is 0 Å². The predicted molar refractivity (Wildman–Crippen MR) is 52.8 cm³/mol. The lowest BCUT2D eigenvalue weighted by Crippen LogP contribution is -2.22. The molecule has 0 bridgehead atoms. The number of aryl methyl sites for hydroxylation is 1. The lowest BCUT2D eigenvalue weighted by atomic mass is 9.90. The first-order valence-corrected chi connectivity index (χ1v) is 4.58. The maximum Gasteiger partial charge on any atom is 0.224 e. The van der Waals surface area contributed by atoms with Gasteiger partial charge in [0, 0.05) is 12.1 Å². The molecule has 1 heterocycles. The number of benzene rings is 1. The van der Waals surface area contributed by atoms with Crippen molar-refractivity contribution in [3.05, 3.63) is 29.3 Å². The molecule has 1 aliphatic heterocycles. The minimum atomic E-state index is 0.134. The third-order valence-corrected chi connectivity index (χ3v) is 2.59. The Bertz CT molecular complexity index is 357. The summed E-state index contributed by atoms with van der Waals surface area (Å²) in [6.07, 6.45) is 0.608. The number of anilines is 1. The second kappa shape index (κ2) is 2.87. The maximum atomic E-state index is 11.3. The van der Waals surface area contributed by atoms with Gasteiger partial charge in [-0.3, -0.25) is 4.79 Å². The van der Waals surface area contributed by atoms with E-state index >= 15 is 0 Å². The van der Waals surface area contributed by atoms with Gasteiger partial charge < -0.3 is 5.32 Å². The third-order valence-electron chi connectivity index (χ3n) is 2.59. The second-order valence-electron chi connectivity index (χ2n) is 3.69. The first kappa shape index (κ1) is 8.30. The monoisotopic (exact) mass is 175 g/mol. The van der Waals surface area contributed by atoms with Crippen LogP contribution >= 0.6 is 0 Å². The highest BCUT2D eigenvalue weighted by Crippen LogP contribution is 2.33. The van der Waals surface area contributed by atoms with Gasteiger partial charge in [0.15, 0.2) is 0 Å². The van der Waals surface area contributed by atoms with Crippen LogP contribution in [0.25, 0.3) is 0 Å². The Labute approximate surface area is 78.0 Å². The smallest absolute Gasteiger partial charge is 0.224 e. The van der Waals surface area contributed by atoms with Crippen LogP contribution < -0.4 is 5.32 Å². The Morgan fingerprint density at radius 2 is 2.23 bits per heavy atom. The Morgan fingerprint density at radius 1 is 1.46 bits per heavy atom. The molecule has 0 aromatic heterocycles. The highest BCUT2D eigenvalue weighted by atomic mass is 16.1. The largest absolute Gasteiger partial charge is 0.326 e. The van der Waals surface area contributed by atoms with Gasteiger partial charge in [-0.2, -0.15) is 0 Å². The van der Waals surface area contributed by atoms with Crippen LogP contribution in [0.1, 0.15) is 30.4 Å². The zero-order valence-electron chi connectivity index (χ0n) is 7.92. The van der Waals surface area contributed by atoms with Crippen LogP contribution in [0.15, 0.2) is 18.2 Å². The van der Waals surface area contributed by atoms with Crippen LogP contribution in [0.5, 0.6) is 0 Å². The Morgan fingerprint density at radius 3 is 3.00 bits per heavy atom. The van der Waals surface area contributed by atoms with Gasteiger partial charge in [-0.25, -0.2) is 0 Å². The van der Waals surface area contributed by atoms with Gasteiger partial charge in [-0.15, -0.1) is 0 Å². The van der Waals surface area contributed by atoms with E-state index in [1.54, 1.807) is 0 Å². The number of fused-ring (bicyclic) bond motifs is 1. The number of amides is 1. The summed E-state index contributed by atoms with van der Waals surface area (Å²) in [7, 11) is 0. The van der Waals surface area contributed by atoms with Crippen molar-refractivity contribution in [3.8, 4) is 0 Å². The molecule has 2 rings (SSSR count). The second-order valence-corrected chi connectivity index (χ2v) is 3.69.